The highest BCUT2D eigenvalue weighted by Gasteiger charge is 2.24. The maximum atomic E-state index is 10.8. The summed E-state index contributed by atoms with van der Waals surface area (Å²) in [7, 11) is -4.51. The minimum Gasteiger partial charge on any atom is -0.481 e. The zero-order valence-corrected chi connectivity index (χ0v) is 17.2. The van der Waals surface area contributed by atoms with Gasteiger partial charge < -0.3 is 20.3 Å². The summed E-state index contributed by atoms with van der Waals surface area (Å²) in [5.74, 6) is 6.67. The fourth-order valence-electron chi connectivity index (χ4n) is 2.09. The van der Waals surface area contributed by atoms with E-state index in [1.54, 1.807) is 30.4 Å². The van der Waals surface area contributed by atoms with Crippen molar-refractivity contribution in [3.63, 3.8) is 0 Å². The van der Waals surface area contributed by atoms with E-state index in [4.69, 9.17) is 31.9 Å². The molecule has 27 heavy (non-hydrogen) atoms. The van der Waals surface area contributed by atoms with E-state index in [-0.39, 0.29) is 13.2 Å². The molecule has 6 nitrogen and oxygen atoms in total. The van der Waals surface area contributed by atoms with Gasteiger partial charge >= 0.3 is 7.82 Å². The molecule has 9 heteroatoms. The SMILES string of the molecule is CC(N)(CCc1ccc(C#CCOc2cccc(Cl)c2)s1)COP(=O)(O)O. The molecule has 4 N–H and O–H groups in total. The minimum absolute atomic E-state index is 0.212. The van der Waals surface area contributed by atoms with Crippen LogP contribution in [0.3, 0.4) is 0 Å². The number of ether oxygens (including phenoxy) is 1. The van der Waals surface area contributed by atoms with E-state index < -0.39 is 13.4 Å². The molecular formula is C18H21ClNO5PS. The van der Waals surface area contributed by atoms with Crippen molar-refractivity contribution in [2.75, 3.05) is 13.2 Å². The third-order valence-corrected chi connectivity index (χ3v) is 5.25. The molecule has 1 aromatic heterocycles. The van der Waals surface area contributed by atoms with Gasteiger partial charge in [0.1, 0.15) is 12.4 Å². The average molecular weight is 430 g/mol. The van der Waals surface area contributed by atoms with Gasteiger partial charge in [0.15, 0.2) is 0 Å². The molecule has 0 aliphatic carbocycles. The molecule has 0 radical (unpaired) electrons. The molecule has 2 rings (SSSR count). The number of phosphoric ester groups is 1. The predicted molar refractivity (Wildman–Crippen MR) is 107 cm³/mol. The molecule has 1 atom stereocenters. The van der Waals surface area contributed by atoms with Crippen LogP contribution in [0.5, 0.6) is 5.75 Å². The van der Waals surface area contributed by atoms with Crippen LogP contribution in [0.4, 0.5) is 0 Å². The van der Waals surface area contributed by atoms with E-state index in [0.29, 0.717) is 23.6 Å². The van der Waals surface area contributed by atoms with Gasteiger partial charge in [-0.3, -0.25) is 4.52 Å². The van der Waals surface area contributed by atoms with Gasteiger partial charge in [-0.25, -0.2) is 4.57 Å². The van der Waals surface area contributed by atoms with Crippen LogP contribution in [0, 0.1) is 11.8 Å². The standard InChI is InChI=1S/C18H21ClNO5PS/c1-18(20,13-25-26(21,22)23)10-9-17-8-7-16(27-17)6-3-11-24-15-5-2-4-14(19)12-15/h2,4-5,7-8,12H,9-11,13,20H2,1H3,(H2,21,22,23). The molecule has 0 fully saturated rings. The monoisotopic (exact) mass is 429 g/mol. The van der Waals surface area contributed by atoms with Crippen LogP contribution >= 0.6 is 30.8 Å². The van der Waals surface area contributed by atoms with Crippen molar-refractivity contribution in [2.24, 2.45) is 5.73 Å². The summed E-state index contributed by atoms with van der Waals surface area (Å²) in [6.07, 6.45) is 1.20. The average Bonchev–Trinajstić information content (AvgIpc) is 3.03. The second-order valence-electron chi connectivity index (χ2n) is 6.23. The molecule has 0 saturated carbocycles. The highest BCUT2D eigenvalue weighted by molar-refractivity contribution is 7.46. The third-order valence-electron chi connectivity index (χ3n) is 3.49. The van der Waals surface area contributed by atoms with E-state index in [2.05, 4.69) is 16.4 Å². The molecule has 0 aliphatic heterocycles. The van der Waals surface area contributed by atoms with Crippen molar-refractivity contribution < 1.29 is 23.6 Å². The quantitative estimate of drug-likeness (QED) is 0.438. The lowest BCUT2D eigenvalue weighted by Gasteiger charge is -2.24. The topological polar surface area (TPSA) is 102 Å². The second kappa shape index (κ2) is 9.72. The molecule has 1 heterocycles. The first-order chi connectivity index (χ1) is 12.6. The number of phosphoric acid groups is 1. The van der Waals surface area contributed by atoms with E-state index in [0.717, 1.165) is 9.75 Å². The minimum atomic E-state index is -4.51. The van der Waals surface area contributed by atoms with Crippen molar-refractivity contribution in [2.45, 2.75) is 25.3 Å². The molecule has 0 aliphatic rings. The summed E-state index contributed by atoms with van der Waals surface area (Å²) in [5.41, 5.74) is 5.19. The first kappa shape index (κ1) is 21.9. The Bertz CT molecular complexity index is 868. The Labute approximate surface area is 167 Å². The van der Waals surface area contributed by atoms with E-state index >= 15 is 0 Å². The number of thiophene rings is 1. The van der Waals surface area contributed by atoms with Gasteiger partial charge in [-0.05, 0) is 50.1 Å². The number of halogens is 1. The van der Waals surface area contributed by atoms with Gasteiger partial charge in [0, 0.05) is 15.4 Å². The Kier molecular flexibility index (Phi) is 7.90. The maximum Gasteiger partial charge on any atom is 0.469 e. The lowest BCUT2D eigenvalue weighted by Crippen LogP contribution is -2.41. The molecule has 2 aromatic rings. The summed E-state index contributed by atoms with van der Waals surface area (Å²) in [6, 6.07) is 11.0. The number of aryl methyl sites for hydroxylation is 1. The van der Waals surface area contributed by atoms with Gasteiger partial charge in [-0.1, -0.05) is 29.5 Å². The largest absolute Gasteiger partial charge is 0.481 e. The molecule has 1 unspecified atom stereocenters. The fourth-order valence-corrected chi connectivity index (χ4v) is 3.62. The van der Waals surface area contributed by atoms with Crippen LogP contribution in [0.25, 0.3) is 0 Å². The van der Waals surface area contributed by atoms with Crippen LogP contribution in [-0.2, 0) is 15.5 Å². The van der Waals surface area contributed by atoms with Crippen molar-refractivity contribution in [3.05, 3.63) is 51.2 Å². The Morgan fingerprint density at radius 2 is 2.11 bits per heavy atom. The molecule has 0 bridgehead atoms. The summed E-state index contributed by atoms with van der Waals surface area (Å²) in [4.78, 5) is 19.5. The second-order valence-corrected chi connectivity index (χ2v) is 9.08. The van der Waals surface area contributed by atoms with Crippen LogP contribution in [-0.4, -0.2) is 28.5 Å². The highest BCUT2D eigenvalue weighted by atomic mass is 35.5. The van der Waals surface area contributed by atoms with Crippen LogP contribution in [0.2, 0.25) is 5.02 Å². The van der Waals surface area contributed by atoms with Gasteiger partial charge in [0.25, 0.3) is 0 Å². The third kappa shape index (κ3) is 8.91. The summed E-state index contributed by atoms with van der Waals surface area (Å²) in [5, 5.41) is 0.612. The van der Waals surface area contributed by atoms with Gasteiger partial charge in [-0.2, -0.15) is 0 Å². The molecular weight excluding hydrogens is 409 g/mol. The Balaban J connectivity index is 1.80. The van der Waals surface area contributed by atoms with Gasteiger partial charge in [0.2, 0.25) is 0 Å². The first-order valence-electron chi connectivity index (χ1n) is 8.08. The van der Waals surface area contributed by atoms with Crippen LogP contribution < -0.4 is 10.5 Å². The number of hydrogen-bond donors (Lipinski definition) is 3. The lowest BCUT2D eigenvalue weighted by atomic mass is 9.98. The van der Waals surface area contributed by atoms with Crippen molar-refractivity contribution in [1.29, 1.82) is 0 Å². The molecule has 0 spiro atoms. The Morgan fingerprint density at radius 3 is 2.81 bits per heavy atom. The van der Waals surface area contributed by atoms with Gasteiger partial charge in [-0.15, -0.1) is 11.3 Å². The zero-order valence-electron chi connectivity index (χ0n) is 14.7. The molecule has 146 valence electrons. The van der Waals surface area contributed by atoms with E-state index in [9.17, 15) is 4.57 Å². The fraction of sp³-hybridized carbons (Fsp3) is 0.333. The number of nitrogens with two attached hydrogens (primary N) is 1. The van der Waals surface area contributed by atoms with Crippen molar-refractivity contribution in [3.8, 4) is 17.6 Å². The smallest absolute Gasteiger partial charge is 0.469 e. The van der Waals surface area contributed by atoms with Gasteiger partial charge in [0.05, 0.1) is 11.5 Å². The zero-order chi connectivity index (χ0) is 19.9. The summed E-state index contributed by atoms with van der Waals surface area (Å²) >= 11 is 7.44. The maximum absolute atomic E-state index is 10.8. The molecule has 0 saturated heterocycles. The number of hydrogen-bond acceptors (Lipinski definition) is 5. The summed E-state index contributed by atoms with van der Waals surface area (Å²) in [6.45, 7) is 1.74. The normalized spacial score (nSPS) is 13.5. The van der Waals surface area contributed by atoms with E-state index in [1.165, 1.54) is 0 Å². The Hall–Kier alpha value is -1.36. The van der Waals surface area contributed by atoms with Crippen LogP contribution in [0.15, 0.2) is 36.4 Å². The summed E-state index contributed by atoms with van der Waals surface area (Å²) < 4.78 is 20.8. The van der Waals surface area contributed by atoms with Crippen molar-refractivity contribution in [1.82, 2.24) is 0 Å². The van der Waals surface area contributed by atoms with E-state index in [1.807, 2.05) is 24.3 Å². The van der Waals surface area contributed by atoms with Crippen molar-refractivity contribution >= 4 is 30.8 Å². The Morgan fingerprint density at radius 1 is 1.33 bits per heavy atom. The number of benzene rings is 1. The molecule has 1 aromatic carbocycles. The number of rotatable bonds is 8. The van der Waals surface area contributed by atoms with Crippen LogP contribution in [0.1, 0.15) is 23.1 Å². The highest BCUT2D eigenvalue weighted by Crippen LogP contribution is 2.37. The molecule has 0 amide bonds. The lowest BCUT2D eigenvalue weighted by molar-refractivity contribution is 0.154. The first-order valence-corrected chi connectivity index (χ1v) is 10.8. The predicted octanol–water partition coefficient (Wildman–Crippen LogP) is 3.59.